The zero-order valence-corrected chi connectivity index (χ0v) is 8.21. The van der Waals surface area contributed by atoms with Crippen LogP contribution in [0.15, 0.2) is 0 Å². The van der Waals surface area contributed by atoms with Crippen molar-refractivity contribution < 1.29 is 18.0 Å². The summed E-state index contributed by atoms with van der Waals surface area (Å²) in [6.07, 6.45) is -4.08. The molecular weight excluding hydrogens is 219 g/mol. The number of hydrogen-bond acceptors (Lipinski definition) is 1. The van der Waals surface area contributed by atoms with Crippen molar-refractivity contribution in [2.75, 3.05) is 12.4 Å². The van der Waals surface area contributed by atoms with Crippen LogP contribution in [0.3, 0.4) is 0 Å². The van der Waals surface area contributed by atoms with Gasteiger partial charge < -0.3 is 5.32 Å². The summed E-state index contributed by atoms with van der Waals surface area (Å²) in [6, 6.07) is 0. The molecule has 0 bridgehead atoms. The number of rotatable bonds is 4. The Morgan fingerprint density at radius 1 is 1.43 bits per heavy atom. The second-order valence-corrected chi connectivity index (χ2v) is 3.97. The van der Waals surface area contributed by atoms with Gasteiger partial charge in [0.1, 0.15) is 6.42 Å². The lowest BCUT2D eigenvalue weighted by molar-refractivity contribution is -0.153. The van der Waals surface area contributed by atoms with Gasteiger partial charge in [-0.1, -0.05) is 0 Å². The standard InChI is InChI=1S/C8H11ClF3NO/c9-4-7(1-2-7)5-13-6(14)3-8(10,11)12/h1-5H2,(H,13,14). The summed E-state index contributed by atoms with van der Waals surface area (Å²) in [6.45, 7) is 0.255. The van der Waals surface area contributed by atoms with E-state index >= 15 is 0 Å². The van der Waals surface area contributed by atoms with Crippen molar-refractivity contribution in [1.29, 1.82) is 0 Å². The van der Waals surface area contributed by atoms with Crippen LogP contribution in [0.1, 0.15) is 19.3 Å². The minimum atomic E-state index is -4.43. The first kappa shape index (κ1) is 11.6. The summed E-state index contributed by atoms with van der Waals surface area (Å²) in [7, 11) is 0. The molecule has 0 aromatic heterocycles. The largest absolute Gasteiger partial charge is 0.397 e. The van der Waals surface area contributed by atoms with E-state index in [-0.39, 0.29) is 12.0 Å². The SMILES string of the molecule is O=C(CC(F)(F)F)NCC1(CCl)CC1. The zero-order valence-electron chi connectivity index (χ0n) is 7.46. The van der Waals surface area contributed by atoms with Crippen molar-refractivity contribution in [3.63, 3.8) is 0 Å². The molecular formula is C8H11ClF3NO. The molecule has 0 atom stereocenters. The van der Waals surface area contributed by atoms with E-state index < -0.39 is 18.5 Å². The lowest BCUT2D eigenvalue weighted by atomic mass is 10.1. The average molecular weight is 230 g/mol. The van der Waals surface area contributed by atoms with E-state index in [1.807, 2.05) is 0 Å². The first-order valence-electron chi connectivity index (χ1n) is 4.26. The lowest BCUT2D eigenvalue weighted by Crippen LogP contribution is -2.33. The van der Waals surface area contributed by atoms with E-state index in [9.17, 15) is 18.0 Å². The molecule has 0 radical (unpaired) electrons. The van der Waals surface area contributed by atoms with Crippen LogP contribution in [0.4, 0.5) is 13.2 Å². The summed E-state index contributed by atoms with van der Waals surface area (Å²) in [5.74, 6) is -0.590. The van der Waals surface area contributed by atoms with Crippen LogP contribution in [0.25, 0.3) is 0 Å². The molecule has 82 valence electrons. The van der Waals surface area contributed by atoms with E-state index in [0.29, 0.717) is 5.88 Å². The lowest BCUT2D eigenvalue weighted by Gasteiger charge is -2.13. The highest BCUT2D eigenvalue weighted by molar-refractivity contribution is 6.18. The Morgan fingerprint density at radius 3 is 2.36 bits per heavy atom. The van der Waals surface area contributed by atoms with Gasteiger partial charge in [0.25, 0.3) is 0 Å². The third-order valence-corrected chi connectivity index (χ3v) is 2.83. The maximum Gasteiger partial charge on any atom is 0.397 e. The van der Waals surface area contributed by atoms with Crippen LogP contribution in [-0.4, -0.2) is 24.5 Å². The zero-order chi connectivity index (χ0) is 10.8. The molecule has 2 nitrogen and oxygen atoms in total. The van der Waals surface area contributed by atoms with Gasteiger partial charge in [0.05, 0.1) is 0 Å². The quantitative estimate of drug-likeness (QED) is 0.735. The topological polar surface area (TPSA) is 29.1 Å². The Bertz CT molecular complexity index is 225. The van der Waals surface area contributed by atoms with Gasteiger partial charge in [0, 0.05) is 17.8 Å². The fourth-order valence-electron chi connectivity index (χ4n) is 1.07. The minimum Gasteiger partial charge on any atom is -0.355 e. The third kappa shape index (κ3) is 3.74. The van der Waals surface area contributed by atoms with Crippen molar-refractivity contribution in [2.24, 2.45) is 5.41 Å². The van der Waals surface area contributed by atoms with Crippen LogP contribution >= 0.6 is 11.6 Å². The highest BCUT2D eigenvalue weighted by Gasteiger charge is 2.42. The fraction of sp³-hybridized carbons (Fsp3) is 0.875. The Morgan fingerprint density at radius 2 is 2.00 bits per heavy atom. The molecule has 0 aromatic rings. The summed E-state index contributed by atoms with van der Waals surface area (Å²) >= 11 is 5.60. The summed E-state index contributed by atoms with van der Waals surface area (Å²) in [5, 5.41) is 2.25. The summed E-state index contributed by atoms with van der Waals surface area (Å²) in [4.78, 5) is 10.8. The van der Waals surface area contributed by atoms with Crippen molar-refractivity contribution in [2.45, 2.75) is 25.4 Å². The van der Waals surface area contributed by atoms with Gasteiger partial charge in [-0.15, -0.1) is 11.6 Å². The molecule has 1 N–H and O–H groups in total. The first-order valence-corrected chi connectivity index (χ1v) is 4.80. The van der Waals surface area contributed by atoms with Gasteiger partial charge in [0.2, 0.25) is 5.91 Å². The summed E-state index contributed by atoms with van der Waals surface area (Å²) in [5.41, 5.74) is -0.136. The smallest absolute Gasteiger partial charge is 0.355 e. The van der Waals surface area contributed by atoms with Crippen LogP contribution in [-0.2, 0) is 4.79 Å². The molecule has 0 saturated heterocycles. The van der Waals surface area contributed by atoms with Gasteiger partial charge >= 0.3 is 6.18 Å². The van der Waals surface area contributed by atoms with Crippen LogP contribution < -0.4 is 5.32 Å². The Hall–Kier alpha value is -0.450. The molecule has 1 amide bonds. The molecule has 6 heteroatoms. The summed E-state index contributed by atoms with van der Waals surface area (Å²) < 4.78 is 35.2. The van der Waals surface area contributed by atoms with Crippen LogP contribution in [0, 0.1) is 5.41 Å². The van der Waals surface area contributed by atoms with E-state index in [0.717, 1.165) is 12.8 Å². The highest BCUT2D eigenvalue weighted by Crippen LogP contribution is 2.45. The van der Waals surface area contributed by atoms with Crippen molar-refractivity contribution in [3.8, 4) is 0 Å². The number of hydrogen-bond donors (Lipinski definition) is 1. The fourth-order valence-corrected chi connectivity index (χ4v) is 1.43. The number of nitrogens with one attached hydrogen (secondary N) is 1. The monoisotopic (exact) mass is 229 g/mol. The van der Waals surface area contributed by atoms with Gasteiger partial charge in [-0.05, 0) is 12.8 Å². The normalized spacial score (nSPS) is 19.1. The van der Waals surface area contributed by atoms with Crippen LogP contribution in [0.2, 0.25) is 0 Å². The number of alkyl halides is 4. The van der Waals surface area contributed by atoms with Gasteiger partial charge in [-0.3, -0.25) is 4.79 Å². The molecule has 14 heavy (non-hydrogen) atoms. The van der Waals surface area contributed by atoms with E-state index in [1.54, 1.807) is 0 Å². The molecule has 0 unspecified atom stereocenters. The van der Waals surface area contributed by atoms with Crippen molar-refractivity contribution >= 4 is 17.5 Å². The van der Waals surface area contributed by atoms with Crippen molar-refractivity contribution in [1.82, 2.24) is 5.32 Å². The predicted octanol–water partition coefficient (Wildman–Crippen LogP) is 2.07. The molecule has 0 heterocycles. The predicted molar refractivity (Wildman–Crippen MR) is 46.1 cm³/mol. The van der Waals surface area contributed by atoms with E-state index in [4.69, 9.17) is 11.6 Å². The molecule has 0 aromatic carbocycles. The highest BCUT2D eigenvalue weighted by atomic mass is 35.5. The van der Waals surface area contributed by atoms with Crippen LogP contribution in [0.5, 0.6) is 0 Å². The average Bonchev–Trinajstić information content (AvgIpc) is 2.78. The molecule has 0 spiro atoms. The number of carbonyl (C=O) groups excluding carboxylic acids is 1. The van der Waals surface area contributed by atoms with Gasteiger partial charge in [0.15, 0.2) is 0 Å². The molecule has 1 fully saturated rings. The van der Waals surface area contributed by atoms with Gasteiger partial charge in [-0.25, -0.2) is 0 Å². The van der Waals surface area contributed by atoms with E-state index in [2.05, 4.69) is 5.32 Å². The number of amides is 1. The second-order valence-electron chi connectivity index (χ2n) is 3.70. The number of halogens is 4. The maximum absolute atomic E-state index is 11.7. The third-order valence-electron chi connectivity index (χ3n) is 2.26. The second kappa shape index (κ2) is 3.96. The molecule has 1 aliphatic rings. The Labute approximate surface area is 84.8 Å². The maximum atomic E-state index is 11.7. The molecule has 0 aliphatic heterocycles. The minimum absolute atomic E-state index is 0.136. The van der Waals surface area contributed by atoms with Crippen molar-refractivity contribution in [3.05, 3.63) is 0 Å². The Kier molecular flexibility index (Phi) is 3.29. The molecule has 1 rings (SSSR count). The molecule has 1 aliphatic carbocycles. The van der Waals surface area contributed by atoms with Gasteiger partial charge in [-0.2, -0.15) is 13.2 Å². The van der Waals surface area contributed by atoms with E-state index in [1.165, 1.54) is 0 Å². The Balaban J connectivity index is 2.22. The first-order chi connectivity index (χ1) is 6.37. The molecule has 1 saturated carbocycles. The number of carbonyl (C=O) groups is 1.